The monoisotopic (exact) mass is 389 g/mol. The number of carbonyl (C=O) groups is 1. The molecule has 1 atom stereocenters. The Balaban J connectivity index is 1.75. The van der Waals surface area contributed by atoms with Gasteiger partial charge in [-0.2, -0.15) is 5.26 Å². The van der Waals surface area contributed by atoms with Gasteiger partial charge in [0.25, 0.3) is 0 Å². The third kappa shape index (κ3) is 4.60. The quantitative estimate of drug-likeness (QED) is 0.384. The van der Waals surface area contributed by atoms with Gasteiger partial charge in [0.05, 0.1) is 17.6 Å². The molecule has 28 heavy (non-hydrogen) atoms. The summed E-state index contributed by atoms with van der Waals surface area (Å²) in [5.74, 6) is -0.0625. The zero-order valence-corrected chi connectivity index (χ0v) is 16.5. The van der Waals surface area contributed by atoms with E-state index in [0.29, 0.717) is 16.3 Å². The molecular formula is C24H20ClNO2. The van der Waals surface area contributed by atoms with Crippen LogP contribution in [0.5, 0.6) is 5.75 Å². The fourth-order valence-corrected chi connectivity index (χ4v) is 3.22. The van der Waals surface area contributed by atoms with Gasteiger partial charge in [-0.1, -0.05) is 61.8 Å². The van der Waals surface area contributed by atoms with Gasteiger partial charge in [0, 0.05) is 5.02 Å². The Bertz CT molecular complexity index is 985. The van der Waals surface area contributed by atoms with Crippen LogP contribution in [0.4, 0.5) is 0 Å². The molecule has 0 saturated heterocycles. The maximum atomic E-state index is 12.8. The zero-order chi connectivity index (χ0) is 20.1. The summed E-state index contributed by atoms with van der Waals surface area (Å²) in [6.45, 7) is 3.99. The van der Waals surface area contributed by atoms with E-state index in [0.717, 1.165) is 16.7 Å². The maximum Gasteiger partial charge on any atom is 0.319 e. The van der Waals surface area contributed by atoms with Crippen molar-refractivity contribution in [2.24, 2.45) is 5.92 Å². The van der Waals surface area contributed by atoms with Crippen LogP contribution in [0.25, 0.3) is 11.1 Å². The molecule has 3 nitrogen and oxygen atoms in total. The number of rotatable bonds is 5. The number of carbonyl (C=O) groups excluding carboxylic acids is 1. The van der Waals surface area contributed by atoms with Gasteiger partial charge in [-0.25, -0.2) is 0 Å². The van der Waals surface area contributed by atoms with Crippen molar-refractivity contribution in [3.05, 3.63) is 88.9 Å². The van der Waals surface area contributed by atoms with Crippen molar-refractivity contribution in [3.8, 4) is 22.9 Å². The standard InChI is InChI=1S/C24H20ClNO2/c1-16(2)23(20-7-11-21(25)12-8-20)24(27)28-22-13-9-19(10-14-22)18-5-3-17(15-26)4-6-18/h3-14,16,23H,1-2H3. The van der Waals surface area contributed by atoms with E-state index >= 15 is 0 Å². The normalized spacial score (nSPS) is 11.7. The fourth-order valence-electron chi connectivity index (χ4n) is 3.10. The first-order valence-electron chi connectivity index (χ1n) is 9.05. The highest BCUT2D eigenvalue weighted by Crippen LogP contribution is 2.29. The van der Waals surface area contributed by atoms with Crippen LogP contribution in [-0.4, -0.2) is 5.97 Å². The molecule has 3 aromatic rings. The number of hydrogen-bond donors (Lipinski definition) is 0. The molecule has 0 aliphatic rings. The van der Waals surface area contributed by atoms with Crippen LogP contribution in [0.2, 0.25) is 5.02 Å². The number of nitriles is 1. The minimum absolute atomic E-state index is 0.0894. The number of hydrogen-bond acceptors (Lipinski definition) is 3. The van der Waals surface area contributed by atoms with Crippen LogP contribution in [-0.2, 0) is 4.79 Å². The second-order valence-corrected chi connectivity index (χ2v) is 7.34. The summed E-state index contributed by atoms with van der Waals surface area (Å²) in [4.78, 5) is 12.8. The smallest absolute Gasteiger partial charge is 0.319 e. The van der Waals surface area contributed by atoms with Crippen LogP contribution in [0, 0.1) is 17.2 Å². The van der Waals surface area contributed by atoms with Crippen LogP contribution >= 0.6 is 11.6 Å². The average Bonchev–Trinajstić information content (AvgIpc) is 2.70. The highest BCUT2D eigenvalue weighted by atomic mass is 35.5. The van der Waals surface area contributed by atoms with Crippen molar-refractivity contribution in [1.29, 1.82) is 5.26 Å². The van der Waals surface area contributed by atoms with E-state index in [2.05, 4.69) is 6.07 Å². The summed E-state index contributed by atoms with van der Waals surface area (Å²) in [6.07, 6.45) is 0. The van der Waals surface area contributed by atoms with Gasteiger partial charge in [-0.05, 0) is 59.0 Å². The van der Waals surface area contributed by atoms with Crippen LogP contribution in [0.3, 0.4) is 0 Å². The largest absolute Gasteiger partial charge is 0.426 e. The predicted octanol–water partition coefficient (Wildman–Crippen LogP) is 6.22. The molecule has 0 amide bonds. The molecule has 140 valence electrons. The summed E-state index contributed by atoms with van der Waals surface area (Å²) < 4.78 is 5.63. The molecule has 3 rings (SSSR count). The molecule has 0 heterocycles. The van der Waals surface area contributed by atoms with E-state index in [9.17, 15) is 4.79 Å². The molecule has 0 bridgehead atoms. The first-order chi connectivity index (χ1) is 13.5. The summed E-state index contributed by atoms with van der Waals surface area (Å²) in [7, 11) is 0. The lowest BCUT2D eigenvalue weighted by Crippen LogP contribution is -2.23. The molecule has 1 unspecified atom stereocenters. The lowest BCUT2D eigenvalue weighted by molar-refractivity contribution is -0.137. The minimum atomic E-state index is -0.365. The topological polar surface area (TPSA) is 50.1 Å². The van der Waals surface area contributed by atoms with Gasteiger partial charge in [-0.3, -0.25) is 4.79 Å². The minimum Gasteiger partial charge on any atom is -0.426 e. The summed E-state index contributed by atoms with van der Waals surface area (Å²) in [5, 5.41) is 9.53. The molecule has 0 spiro atoms. The molecule has 0 radical (unpaired) electrons. The predicted molar refractivity (Wildman–Crippen MR) is 111 cm³/mol. The van der Waals surface area contributed by atoms with Gasteiger partial charge >= 0.3 is 5.97 Å². The molecule has 0 N–H and O–H groups in total. The number of ether oxygens (including phenoxy) is 1. The van der Waals surface area contributed by atoms with E-state index in [1.807, 2.05) is 50.2 Å². The van der Waals surface area contributed by atoms with E-state index in [-0.39, 0.29) is 17.8 Å². The van der Waals surface area contributed by atoms with Crippen molar-refractivity contribution in [1.82, 2.24) is 0 Å². The number of esters is 1. The zero-order valence-electron chi connectivity index (χ0n) is 15.7. The van der Waals surface area contributed by atoms with Gasteiger partial charge in [0.15, 0.2) is 0 Å². The molecule has 0 aliphatic heterocycles. The average molecular weight is 390 g/mol. The lowest BCUT2D eigenvalue weighted by Gasteiger charge is -2.20. The molecule has 0 aliphatic carbocycles. The fraction of sp³-hybridized carbons (Fsp3) is 0.167. The van der Waals surface area contributed by atoms with Crippen molar-refractivity contribution in [3.63, 3.8) is 0 Å². The Morgan fingerprint density at radius 3 is 1.93 bits per heavy atom. The molecule has 0 aromatic heterocycles. The highest BCUT2D eigenvalue weighted by Gasteiger charge is 2.26. The molecule has 3 aromatic carbocycles. The lowest BCUT2D eigenvalue weighted by atomic mass is 9.88. The molecule has 0 fully saturated rings. The van der Waals surface area contributed by atoms with Crippen molar-refractivity contribution < 1.29 is 9.53 Å². The Kier molecular flexibility index (Phi) is 6.13. The number of nitrogens with zero attached hydrogens (tertiary/aromatic N) is 1. The second kappa shape index (κ2) is 8.73. The van der Waals surface area contributed by atoms with E-state index in [4.69, 9.17) is 21.6 Å². The van der Waals surface area contributed by atoms with Gasteiger partial charge in [-0.15, -0.1) is 0 Å². The third-order valence-electron chi connectivity index (χ3n) is 4.57. The van der Waals surface area contributed by atoms with Gasteiger partial charge in [0.2, 0.25) is 0 Å². The molecule has 4 heteroatoms. The summed E-state index contributed by atoms with van der Waals surface area (Å²) in [6, 6.07) is 24.1. The van der Waals surface area contributed by atoms with E-state index in [1.165, 1.54) is 0 Å². The van der Waals surface area contributed by atoms with Gasteiger partial charge in [0.1, 0.15) is 5.75 Å². The SMILES string of the molecule is CC(C)C(C(=O)Oc1ccc(-c2ccc(C#N)cc2)cc1)c1ccc(Cl)cc1. The van der Waals surface area contributed by atoms with Crippen LogP contribution in [0.15, 0.2) is 72.8 Å². The van der Waals surface area contributed by atoms with Crippen molar-refractivity contribution in [2.75, 3.05) is 0 Å². The summed E-state index contributed by atoms with van der Waals surface area (Å²) in [5.41, 5.74) is 3.50. The number of benzene rings is 3. The van der Waals surface area contributed by atoms with Crippen LogP contribution < -0.4 is 4.74 Å². The number of halogens is 1. The Hall–Kier alpha value is -3.09. The molecule has 0 saturated carbocycles. The van der Waals surface area contributed by atoms with Crippen LogP contribution in [0.1, 0.15) is 30.9 Å². The van der Waals surface area contributed by atoms with E-state index in [1.54, 1.807) is 36.4 Å². The first-order valence-corrected chi connectivity index (χ1v) is 9.43. The Morgan fingerprint density at radius 1 is 0.893 bits per heavy atom. The maximum absolute atomic E-state index is 12.8. The summed E-state index contributed by atoms with van der Waals surface area (Å²) >= 11 is 5.96. The molecular weight excluding hydrogens is 370 g/mol. The highest BCUT2D eigenvalue weighted by molar-refractivity contribution is 6.30. The first kappa shape index (κ1) is 19.7. The van der Waals surface area contributed by atoms with Crippen molar-refractivity contribution in [2.45, 2.75) is 19.8 Å². The second-order valence-electron chi connectivity index (χ2n) is 6.91. The van der Waals surface area contributed by atoms with E-state index < -0.39 is 0 Å². The Morgan fingerprint density at radius 2 is 1.43 bits per heavy atom. The van der Waals surface area contributed by atoms with Gasteiger partial charge < -0.3 is 4.74 Å². The third-order valence-corrected chi connectivity index (χ3v) is 4.82. The Labute approximate surface area is 170 Å². The van der Waals surface area contributed by atoms with Crippen molar-refractivity contribution >= 4 is 17.6 Å².